The van der Waals surface area contributed by atoms with Crippen LogP contribution in [-0.4, -0.2) is 46.2 Å². The first kappa shape index (κ1) is 18.1. The summed E-state index contributed by atoms with van der Waals surface area (Å²) in [5.74, 6) is 0. The van der Waals surface area contributed by atoms with Crippen LogP contribution in [0.3, 0.4) is 0 Å². The Bertz CT molecular complexity index is 950. The molecule has 0 bridgehead atoms. The molecule has 2 fully saturated rings. The van der Waals surface area contributed by atoms with Crippen molar-refractivity contribution in [1.29, 1.82) is 0 Å². The Balaban J connectivity index is 1.56. The van der Waals surface area contributed by atoms with Crippen molar-refractivity contribution in [2.75, 3.05) is 13.2 Å². The molecule has 27 heavy (non-hydrogen) atoms. The predicted octanol–water partition coefficient (Wildman–Crippen LogP) is 0.182. The lowest BCUT2D eigenvalue weighted by molar-refractivity contribution is -0.0822. The summed E-state index contributed by atoms with van der Waals surface area (Å²) in [7, 11) is 0. The van der Waals surface area contributed by atoms with E-state index in [9.17, 15) is 14.7 Å². The molecule has 0 radical (unpaired) electrons. The van der Waals surface area contributed by atoms with E-state index in [-0.39, 0.29) is 19.9 Å². The van der Waals surface area contributed by atoms with Gasteiger partial charge in [0.2, 0.25) is 0 Å². The Hall–Kier alpha value is -2.26. The van der Waals surface area contributed by atoms with E-state index in [4.69, 9.17) is 14.2 Å². The highest BCUT2D eigenvalue weighted by Crippen LogP contribution is 2.46. The molecule has 1 aromatic carbocycles. The number of aromatic amines is 1. The van der Waals surface area contributed by atoms with Gasteiger partial charge in [-0.2, -0.15) is 0 Å². The standard InChI is InChI=1S/C19H22N2O6/c1-11-3-5-13(6-4-11)19-15(22)9-25-16(19)14(8-27-19)26-10-21-7-12(2)17(23)20-18(21)24/h3-7,14-16,22H,8-10H2,1-2H3,(H,20,23,24)/t14-,15+,16-,19-/m1/s1. The first-order valence-corrected chi connectivity index (χ1v) is 8.84. The summed E-state index contributed by atoms with van der Waals surface area (Å²) in [5, 5.41) is 10.6. The Labute approximate surface area is 155 Å². The van der Waals surface area contributed by atoms with Crippen LogP contribution in [0.2, 0.25) is 0 Å². The number of hydrogen-bond donors (Lipinski definition) is 2. The van der Waals surface area contributed by atoms with Gasteiger partial charge in [-0.05, 0) is 19.4 Å². The number of hydrogen-bond acceptors (Lipinski definition) is 6. The number of aliphatic hydroxyl groups is 1. The highest BCUT2D eigenvalue weighted by Gasteiger charge is 2.61. The summed E-state index contributed by atoms with van der Waals surface area (Å²) in [6.07, 6.45) is -0.302. The number of aryl methyl sites for hydroxylation is 2. The van der Waals surface area contributed by atoms with E-state index in [0.717, 1.165) is 11.1 Å². The summed E-state index contributed by atoms with van der Waals surface area (Å²) >= 11 is 0. The topological polar surface area (TPSA) is 103 Å². The third kappa shape index (κ3) is 2.94. The van der Waals surface area contributed by atoms with Crippen molar-refractivity contribution < 1.29 is 19.3 Å². The average molecular weight is 374 g/mol. The minimum atomic E-state index is -0.982. The fraction of sp³-hybridized carbons (Fsp3) is 0.474. The largest absolute Gasteiger partial charge is 0.387 e. The molecule has 144 valence electrons. The Kier molecular flexibility index (Phi) is 4.51. The zero-order chi connectivity index (χ0) is 19.2. The van der Waals surface area contributed by atoms with E-state index >= 15 is 0 Å². The van der Waals surface area contributed by atoms with Crippen LogP contribution in [0.15, 0.2) is 40.1 Å². The van der Waals surface area contributed by atoms with Gasteiger partial charge in [0.15, 0.2) is 0 Å². The highest BCUT2D eigenvalue weighted by atomic mass is 16.6. The smallest absolute Gasteiger partial charge is 0.330 e. The van der Waals surface area contributed by atoms with E-state index in [1.807, 2.05) is 31.2 Å². The molecule has 0 unspecified atom stereocenters. The van der Waals surface area contributed by atoms with E-state index < -0.39 is 35.2 Å². The van der Waals surface area contributed by atoms with Gasteiger partial charge in [0, 0.05) is 11.8 Å². The number of aromatic nitrogens is 2. The molecule has 2 aromatic rings. The molecule has 3 heterocycles. The van der Waals surface area contributed by atoms with E-state index in [0.29, 0.717) is 5.56 Å². The van der Waals surface area contributed by atoms with Crippen LogP contribution < -0.4 is 11.2 Å². The van der Waals surface area contributed by atoms with Crippen LogP contribution in [0.25, 0.3) is 0 Å². The van der Waals surface area contributed by atoms with Crippen LogP contribution in [-0.2, 0) is 26.5 Å². The van der Waals surface area contributed by atoms with Gasteiger partial charge in [-0.3, -0.25) is 14.3 Å². The van der Waals surface area contributed by atoms with Crippen LogP contribution in [0, 0.1) is 13.8 Å². The average Bonchev–Trinajstić information content (AvgIpc) is 3.17. The molecule has 0 amide bonds. The van der Waals surface area contributed by atoms with Crippen LogP contribution in [0.4, 0.5) is 0 Å². The van der Waals surface area contributed by atoms with Gasteiger partial charge in [0.05, 0.1) is 13.2 Å². The summed E-state index contributed by atoms with van der Waals surface area (Å²) in [6.45, 7) is 3.94. The second kappa shape index (κ2) is 6.72. The summed E-state index contributed by atoms with van der Waals surface area (Å²) < 4.78 is 19.0. The van der Waals surface area contributed by atoms with Crippen molar-refractivity contribution in [3.63, 3.8) is 0 Å². The zero-order valence-corrected chi connectivity index (χ0v) is 15.2. The molecule has 4 atom stereocenters. The highest BCUT2D eigenvalue weighted by molar-refractivity contribution is 5.32. The van der Waals surface area contributed by atoms with Crippen molar-refractivity contribution in [3.05, 3.63) is 68.0 Å². The minimum absolute atomic E-state index is 0.0512. The lowest BCUT2D eigenvalue weighted by Gasteiger charge is -2.31. The number of rotatable bonds is 4. The zero-order valence-electron chi connectivity index (χ0n) is 15.2. The molecular weight excluding hydrogens is 352 g/mol. The molecule has 8 nitrogen and oxygen atoms in total. The summed E-state index contributed by atoms with van der Waals surface area (Å²) in [4.78, 5) is 25.6. The van der Waals surface area contributed by atoms with Gasteiger partial charge in [-0.15, -0.1) is 0 Å². The number of nitrogens with zero attached hydrogens (tertiary/aromatic N) is 1. The van der Waals surface area contributed by atoms with Crippen LogP contribution >= 0.6 is 0 Å². The van der Waals surface area contributed by atoms with Gasteiger partial charge in [-0.25, -0.2) is 4.79 Å². The van der Waals surface area contributed by atoms with Gasteiger partial charge in [0.25, 0.3) is 5.56 Å². The van der Waals surface area contributed by atoms with Crippen molar-refractivity contribution in [1.82, 2.24) is 9.55 Å². The lowest BCUT2D eigenvalue weighted by Crippen LogP contribution is -2.45. The van der Waals surface area contributed by atoms with E-state index in [1.54, 1.807) is 6.92 Å². The fourth-order valence-corrected chi connectivity index (χ4v) is 3.78. The van der Waals surface area contributed by atoms with Gasteiger partial charge < -0.3 is 19.3 Å². The molecule has 8 heteroatoms. The number of nitrogens with one attached hydrogen (secondary N) is 1. The Morgan fingerprint density at radius 1 is 1.26 bits per heavy atom. The predicted molar refractivity (Wildman–Crippen MR) is 95.5 cm³/mol. The lowest BCUT2D eigenvalue weighted by atomic mass is 9.84. The molecule has 4 rings (SSSR count). The number of ether oxygens (including phenoxy) is 3. The summed E-state index contributed by atoms with van der Waals surface area (Å²) in [6, 6.07) is 7.79. The van der Waals surface area contributed by atoms with Crippen molar-refractivity contribution in [2.45, 2.75) is 44.5 Å². The van der Waals surface area contributed by atoms with Crippen LogP contribution in [0.5, 0.6) is 0 Å². The molecule has 2 aliphatic rings. The third-order valence-corrected chi connectivity index (χ3v) is 5.29. The van der Waals surface area contributed by atoms with Crippen molar-refractivity contribution in [2.24, 2.45) is 0 Å². The molecule has 2 N–H and O–H groups in total. The maximum atomic E-state index is 11.9. The Morgan fingerprint density at radius 3 is 2.74 bits per heavy atom. The number of fused-ring (bicyclic) bond motifs is 1. The SMILES string of the molecule is Cc1ccc([C@]23OC[C@@H](OCn4cc(C)c(=O)[nH]c4=O)[C@H]2OC[C@@H]3O)cc1. The first-order chi connectivity index (χ1) is 12.9. The quantitative estimate of drug-likeness (QED) is 0.792. The Morgan fingerprint density at radius 2 is 2.00 bits per heavy atom. The van der Waals surface area contributed by atoms with Gasteiger partial charge in [-0.1, -0.05) is 29.8 Å². The maximum absolute atomic E-state index is 11.9. The molecule has 2 aliphatic heterocycles. The normalized spacial score (nSPS) is 29.8. The van der Waals surface area contributed by atoms with E-state index in [1.165, 1.54) is 10.8 Å². The molecule has 2 saturated heterocycles. The first-order valence-electron chi connectivity index (χ1n) is 8.84. The number of aliphatic hydroxyl groups excluding tert-OH is 1. The number of H-pyrrole nitrogens is 1. The van der Waals surface area contributed by atoms with Gasteiger partial charge in [0.1, 0.15) is 30.6 Å². The molecule has 0 spiro atoms. The third-order valence-electron chi connectivity index (χ3n) is 5.29. The molecule has 0 saturated carbocycles. The number of benzene rings is 1. The monoisotopic (exact) mass is 374 g/mol. The van der Waals surface area contributed by atoms with Crippen LogP contribution in [0.1, 0.15) is 16.7 Å². The van der Waals surface area contributed by atoms with Crippen molar-refractivity contribution in [3.8, 4) is 0 Å². The van der Waals surface area contributed by atoms with E-state index in [2.05, 4.69) is 4.98 Å². The van der Waals surface area contributed by atoms with Gasteiger partial charge >= 0.3 is 5.69 Å². The molecule has 1 aromatic heterocycles. The second-order valence-corrected chi connectivity index (χ2v) is 7.12. The maximum Gasteiger partial charge on any atom is 0.330 e. The summed E-state index contributed by atoms with van der Waals surface area (Å²) in [5.41, 5.74) is 0.430. The molecular formula is C19H22N2O6. The second-order valence-electron chi connectivity index (χ2n) is 7.12. The molecule has 0 aliphatic carbocycles. The fourth-order valence-electron chi connectivity index (χ4n) is 3.78. The van der Waals surface area contributed by atoms with Crippen molar-refractivity contribution >= 4 is 0 Å². The minimum Gasteiger partial charge on any atom is -0.387 e.